The molecule has 1 atom stereocenters. The summed E-state index contributed by atoms with van der Waals surface area (Å²) in [7, 11) is 1.38. The first kappa shape index (κ1) is 15.9. The molecule has 1 fully saturated rings. The van der Waals surface area contributed by atoms with E-state index in [9.17, 15) is 9.59 Å². The number of aryl methyl sites for hydroxylation is 1. The quantitative estimate of drug-likeness (QED) is 0.803. The van der Waals surface area contributed by atoms with Crippen LogP contribution in [0.1, 0.15) is 36.7 Å². The smallest absolute Gasteiger partial charge is 0.310 e. The van der Waals surface area contributed by atoms with Gasteiger partial charge >= 0.3 is 5.97 Å². The predicted molar refractivity (Wildman–Crippen MR) is 80.4 cm³/mol. The van der Waals surface area contributed by atoms with Crippen LogP contribution in [0.5, 0.6) is 0 Å². The van der Waals surface area contributed by atoms with Gasteiger partial charge in [-0.15, -0.1) is 0 Å². The highest BCUT2D eigenvalue weighted by atomic mass is 35.5. The van der Waals surface area contributed by atoms with Gasteiger partial charge in [0.2, 0.25) is 0 Å². The van der Waals surface area contributed by atoms with E-state index in [0.29, 0.717) is 23.8 Å². The molecule has 0 bridgehead atoms. The van der Waals surface area contributed by atoms with Gasteiger partial charge in [-0.1, -0.05) is 18.5 Å². The zero-order chi connectivity index (χ0) is 15.4. The van der Waals surface area contributed by atoms with Gasteiger partial charge in [0.15, 0.2) is 0 Å². The van der Waals surface area contributed by atoms with Crippen molar-refractivity contribution in [2.75, 3.05) is 20.2 Å². The Bertz CT molecular complexity index is 527. The molecule has 21 heavy (non-hydrogen) atoms. The van der Waals surface area contributed by atoms with Crippen molar-refractivity contribution in [1.82, 2.24) is 9.47 Å². The first-order valence-corrected chi connectivity index (χ1v) is 7.67. The molecule has 0 saturated carbocycles. The molecule has 1 aromatic heterocycles. The largest absolute Gasteiger partial charge is 0.469 e. The van der Waals surface area contributed by atoms with Gasteiger partial charge in [0, 0.05) is 25.8 Å². The Morgan fingerprint density at radius 3 is 2.90 bits per heavy atom. The summed E-state index contributed by atoms with van der Waals surface area (Å²) in [5, 5.41) is 0.563. The first-order chi connectivity index (χ1) is 10.1. The fraction of sp³-hybridized carbons (Fsp3) is 0.600. The van der Waals surface area contributed by atoms with Gasteiger partial charge in [-0.2, -0.15) is 0 Å². The van der Waals surface area contributed by atoms with E-state index in [1.807, 2.05) is 4.57 Å². The lowest BCUT2D eigenvalue weighted by molar-refractivity contribution is -0.146. The maximum Gasteiger partial charge on any atom is 0.310 e. The van der Waals surface area contributed by atoms with Crippen LogP contribution in [0.2, 0.25) is 5.02 Å². The standard InChI is InChI=1S/C15H21ClN2O3/c1-3-6-17-10-12(16)8-13(17)14(19)18-7-4-5-11(9-18)15(20)21-2/h8,10-11H,3-7,9H2,1-2H3. The number of piperidine rings is 1. The number of likely N-dealkylation sites (tertiary alicyclic amines) is 1. The number of hydrogen-bond acceptors (Lipinski definition) is 3. The number of esters is 1. The van der Waals surface area contributed by atoms with Crippen molar-refractivity contribution in [2.24, 2.45) is 5.92 Å². The van der Waals surface area contributed by atoms with Crippen molar-refractivity contribution in [3.63, 3.8) is 0 Å². The molecule has 0 radical (unpaired) electrons. The molecule has 2 rings (SSSR count). The molecule has 2 heterocycles. The van der Waals surface area contributed by atoms with Crippen molar-refractivity contribution in [3.8, 4) is 0 Å². The van der Waals surface area contributed by atoms with E-state index in [2.05, 4.69) is 6.92 Å². The number of halogens is 1. The third kappa shape index (κ3) is 3.59. The molecule has 1 aromatic rings. The van der Waals surface area contributed by atoms with Gasteiger partial charge in [0.1, 0.15) is 5.69 Å². The zero-order valence-electron chi connectivity index (χ0n) is 12.5. The van der Waals surface area contributed by atoms with Crippen molar-refractivity contribution < 1.29 is 14.3 Å². The summed E-state index contributed by atoms with van der Waals surface area (Å²) in [5.74, 6) is -0.531. The molecular formula is C15H21ClN2O3. The van der Waals surface area contributed by atoms with Crippen LogP contribution < -0.4 is 0 Å². The SMILES string of the molecule is CCCn1cc(Cl)cc1C(=O)N1CCCC(C(=O)OC)C1. The minimum atomic E-state index is -0.241. The summed E-state index contributed by atoms with van der Waals surface area (Å²) < 4.78 is 6.67. The van der Waals surface area contributed by atoms with Crippen LogP contribution in [0.15, 0.2) is 12.3 Å². The first-order valence-electron chi connectivity index (χ1n) is 7.29. The van der Waals surface area contributed by atoms with Crippen LogP contribution in [-0.2, 0) is 16.1 Å². The Hall–Kier alpha value is -1.49. The van der Waals surface area contributed by atoms with Crippen molar-refractivity contribution in [1.29, 1.82) is 0 Å². The predicted octanol–water partition coefficient (Wildman–Crippen LogP) is 2.58. The van der Waals surface area contributed by atoms with E-state index in [1.165, 1.54) is 7.11 Å². The molecule has 116 valence electrons. The maximum atomic E-state index is 12.7. The molecule has 1 aliphatic rings. The van der Waals surface area contributed by atoms with Crippen molar-refractivity contribution in [3.05, 3.63) is 23.0 Å². The molecule has 1 saturated heterocycles. The average Bonchev–Trinajstić information content (AvgIpc) is 2.87. The van der Waals surface area contributed by atoms with E-state index in [0.717, 1.165) is 25.8 Å². The van der Waals surface area contributed by atoms with Gasteiger partial charge in [0.25, 0.3) is 5.91 Å². The van der Waals surface area contributed by atoms with E-state index in [4.69, 9.17) is 16.3 Å². The lowest BCUT2D eigenvalue weighted by atomic mass is 9.98. The van der Waals surface area contributed by atoms with Gasteiger partial charge < -0.3 is 14.2 Å². The highest BCUT2D eigenvalue weighted by molar-refractivity contribution is 6.31. The summed E-state index contributed by atoms with van der Waals surface area (Å²) in [5.41, 5.74) is 0.590. The lowest BCUT2D eigenvalue weighted by Gasteiger charge is -2.31. The second-order valence-electron chi connectivity index (χ2n) is 5.35. The second kappa shape index (κ2) is 6.98. The normalized spacial score (nSPS) is 18.6. The summed E-state index contributed by atoms with van der Waals surface area (Å²) in [6.07, 6.45) is 4.29. The fourth-order valence-corrected chi connectivity index (χ4v) is 2.98. The van der Waals surface area contributed by atoms with Crippen LogP contribution >= 0.6 is 11.6 Å². The van der Waals surface area contributed by atoms with Crippen molar-refractivity contribution >= 4 is 23.5 Å². The third-order valence-electron chi connectivity index (χ3n) is 3.79. The topological polar surface area (TPSA) is 51.5 Å². The molecule has 0 aliphatic carbocycles. The highest BCUT2D eigenvalue weighted by Gasteiger charge is 2.30. The summed E-state index contributed by atoms with van der Waals surface area (Å²) >= 11 is 6.02. The second-order valence-corrected chi connectivity index (χ2v) is 5.79. The van der Waals surface area contributed by atoms with Crippen LogP contribution in [0, 0.1) is 5.92 Å². The number of aromatic nitrogens is 1. The van der Waals surface area contributed by atoms with Gasteiger partial charge in [-0.25, -0.2) is 0 Å². The molecule has 0 spiro atoms. The van der Waals surface area contributed by atoms with Crippen molar-refractivity contribution in [2.45, 2.75) is 32.7 Å². The molecule has 1 unspecified atom stereocenters. The Kier molecular flexibility index (Phi) is 5.28. The molecule has 1 aliphatic heterocycles. The Balaban J connectivity index is 2.14. The number of carbonyl (C=O) groups is 2. The summed E-state index contributed by atoms with van der Waals surface area (Å²) in [6.45, 7) is 3.89. The minimum Gasteiger partial charge on any atom is -0.469 e. The van der Waals surface area contributed by atoms with Gasteiger partial charge in [-0.05, 0) is 25.3 Å². The molecule has 0 N–H and O–H groups in total. The number of ether oxygens (including phenoxy) is 1. The Morgan fingerprint density at radius 2 is 2.24 bits per heavy atom. The van der Waals surface area contributed by atoms with Crippen LogP contribution in [0.25, 0.3) is 0 Å². The van der Waals surface area contributed by atoms with E-state index in [-0.39, 0.29) is 17.8 Å². The molecule has 5 nitrogen and oxygen atoms in total. The number of hydrogen-bond donors (Lipinski definition) is 0. The Morgan fingerprint density at radius 1 is 1.48 bits per heavy atom. The molecule has 6 heteroatoms. The van der Waals surface area contributed by atoms with Gasteiger partial charge in [-0.3, -0.25) is 9.59 Å². The molecular weight excluding hydrogens is 292 g/mol. The number of rotatable bonds is 4. The van der Waals surface area contributed by atoms with E-state index >= 15 is 0 Å². The fourth-order valence-electron chi connectivity index (χ4n) is 2.76. The molecule has 1 amide bonds. The summed E-state index contributed by atoms with van der Waals surface area (Å²) in [4.78, 5) is 26.0. The lowest BCUT2D eigenvalue weighted by Crippen LogP contribution is -2.43. The highest BCUT2D eigenvalue weighted by Crippen LogP contribution is 2.22. The number of nitrogens with zero attached hydrogens (tertiary/aromatic N) is 2. The number of amides is 1. The summed E-state index contributed by atoms with van der Waals surface area (Å²) in [6, 6.07) is 1.70. The molecule has 0 aromatic carbocycles. The Labute approximate surface area is 129 Å². The maximum absolute atomic E-state index is 12.7. The zero-order valence-corrected chi connectivity index (χ0v) is 13.2. The monoisotopic (exact) mass is 312 g/mol. The average molecular weight is 313 g/mol. The number of carbonyl (C=O) groups excluding carboxylic acids is 2. The van der Waals surface area contributed by atoms with Gasteiger partial charge in [0.05, 0.1) is 18.1 Å². The van der Waals surface area contributed by atoms with Crippen LogP contribution in [0.4, 0.5) is 0 Å². The minimum absolute atomic E-state index is 0.0658. The van der Waals surface area contributed by atoms with Crippen LogP contribution in [0.3, 0.4) is 0 Å². The van der Waals surface area contributed by atoms with Crippen LogP contribution in [-0.4, -0.2) is 41.5 Å². The van der Waals surface area contributed by atoms with E-state index in [1.54, 1.807) is 17.2 Å². The third-order valence-corrected chi connectivity index (χ3v) is 4.00. The number of methoxy groups -OCH3 is 1. The van der Waals surface area contributed by atoms with E-state index < -0.39 is 0 Å².